The summed E-state index contributed by atoms with van der Waals surface area (Å²) in [5, 5.41) is 8.43. The molecule has 2 amide bonds. The van der Waals surface area contributed by atoms with Gasteiger partial charge in [0.1, 0.15) is 5.69 Å². The minimum absolute atomic E-state index is 0.399. The van der Waals surface area contributed by atoms with Crippen molar-refractivity contribution in [3.63, 3.8) is 0 Å². The van der Waals surface area contributed by atoms with Gasteiger partial charge in [0.25, 0.3) is 0 Å². The number of nitrogens with zero attached hydrogens (tertiary/aromatic N) is 3. The maximum atomic E-state index is 12.6. The number of hydrazone groups is 1. The normalized spacial score (nSPS) is 15.4. The van der Waals surface area contributed by atoms with Gasteiger partial charge in [-0.05, 0) is 31.0 Å². The molecule has 3 rings (SSSR count). The van der Waals surface area contributed by atoms with E-state index in [0.29, 0.717) is 18.5 Å². The summed E-state index contributed by atoms with van der Waals surface area (Å²) in [5.41, 5.74) is 2.46. The highest BCUT2D eigenvalue weighted by Gasteiger charge is 2.32. The number of carbonyl (C=O) groups excluding carboxylic acids is 1. The summed E-state index contributed by atoms with van der Waals surface area (Å²) >= 11 is 0. The lowest BCUT2D eigenvalue weighted by Gasteiger charge is -2.18. The van der Waals surface area contributed by atoms with Crippen LogP contribution >= 0.6 is 0 Å². The standard InChI is InChI=1S/C19H19F3N4O/c1-12-3-5-14(6-4-12)16-9-10-26(25-16)18(27)24-13(2)15-7-8-17(23-11-15)19(20,21)22/h3-8,11,13H,9-10H2,1-2H3,(H,24,27)/t13-/m0/s1. The van der Waals surface area contributed by atoms with Crippen LogP contribution < -0.4 is 5.32 Å². The second-order valence-electron chi connectivity index (χ2n) is 6.43. The van der Waals surface area contributed by atoms with Crippen molar-refractivity contribution in [1.29, 1.82) is 0 Å². The molecule has 0 unspecified atom stereocenters. The Labute approximate surface area is 154 Å². The van der Waals surface area contributed by atoms with Crippen LogP contribution in [0, 0.1) is 6.92 Å². The highest BCUT2D eigenvalue weighted by Crippen LogP contribution is 2.28. The molecular formula is C19H19F3N4O. The Bertz CT molecular complexity index is 845. The SMILES string of the molecule is Cc1ccc(C2=NN(C(=O)N[C@@H](C)c3ccc(C(F)(F)F)nc3)CC2)cc1. The van der Waals surface area contributed by atoms with Crippen molar-refractivity contribution in [2.75, 3.05) is 6.54 Å². The number of amides is 2. The van der Waals surface area contributed by atoms with Gasteiger partial charge < -0.3 is 5.32 Å². The number of benzene rings is 1. The maximum absolute atomic E-state index is 12.6. The van der Waals surface area contributed by atoms with E-state index >= 15 is 0 Å². The van der Waals surface area contributed by atoms with Crippen LogP contribution in [0.3, 0.4) is 0 Å². The summed E-state index contributed by atoms with van der Waals surface area (Å²) in [6.07, 6.45) is -2.72. The summed E-state index contributed by atoms with van der Waals surface area (Å²) in [4.78, 5) is 15.8. The molecule has 5 nitrogen and oxygen atoms in total. The second kappa shape index (κ2) is 7.38. The highest BCUT2D eigenvalue weighted by atomic mass is 19.4. The van der Waals surface area contributed by atoms with Crippen molar-refractivity contribution in [2.24, 2.45) is 5.10 Å². The molecule has 142 valence electrons. The van der Waals surface area contributed by atoms with Gasteiger partial charge in [0, 0.05) is 12.6 Å². The van der Waals surface area contributed by atoms with Gasteiger partial charge in [0.15, 0.2) is 0 Å². The molecular weight excluding hydrogens is 357 g/mol. The molecule has 1 aliphatic rings. The predicted octanol–water partition coefficient (Wildman–Crippen LogP) is 4.29. The fraction of sp³-hybridized carbons (Fsp3) is 0.316. The monoisotopic (exact) mass is 376 g/mol. The molecule has 0 saturated heterocycles. The Kier molecular flexibility index (Phi) is 5.16. The number of urea groups is 1. The molecule has 1 aromatic carbocycles. The third-order valence-electron chi connectivity index (χ3n) is 4.34. The average Bonchev–Trinajstić information content (AvgIpc) is 3.12. The minimum atomic E-state index is -4.48. The van der Waals surface area contributed by atoms with Crippen molar-refractivity contribution >= 4 is 11.7 Å². The zero-order chi connectivity index (χ0) is 19.6. The van der Waals surface area contributed by atoms with Crippen molar-refractivity contribution in [1.82, 2.24) is 15.3 Å². The van der Waals surface area contributed by atoms with E-state index in [4.69, 9.17) is 0 Å². The van der Waals surface area contributed by atoms with E-state index in [1.54, 1.807) is 6.92 Å². The molecule has 1 atom stereocenters. The molecule has 0 radical (unpaired) electrons. The summed E-state index contributed by atoms with van der Waals surface area (Å²) in [7, 11) is 0. The lowest BCUT2D eigenvalue weighted by molar-refractivity contribution is -0.141. The number of pyridine rings is 1. The van der Waals surface area contributed by atoms with Gasteiger partial charge in [-0.3, -0.25) is 4.98 Å². The number of carbonyl (C=O) groups is 1. The predicted molar refractivity (Wildman–Crippen MR) is 95.2 cm³/mol. The first-order valence-corrected chi connectivity index (χ1v) is 8.50. The number of halogens is 3. The summed E-state index contributed by atoms with van der Waals surface area (Å²) < 4.78 is 37.7. The van der Waals surface area contributed by atoms with Crippen LogP contribution in [0.25, 0.3) is 0 Å². The lowest BCUT2D eigenvalue weighted by Crippen LogP contribution is -2.36. The highest BCUT2D eigenvalue weighted by molar-refractivity contribution is 6.02. The number of rotatable bonds is 3. The van der Waals surface area contributed by atoms with E-state index in [-0.39, 0.29) is 0 Å². The quantitative estimate of drug-likeness (QED) is 0.869. The summed E-state index contributed by atoms with van der Waals surface area (Å²) in [6, 6.07) is 9.22. The van der Waals surface area contributed by atoms with Crippen LogP contribution in [0.2, 0.25) is 0 Å². The lowest BCUT2D eigenvalue weighted by atomic mass is 10.1. The minimum Gasteiger partial charge on any atom is -0.330 e. The molecule has 1 aromatic heterocycles. The molecule has 1 N–H and O–H groups in total. The topological polar surface area (TPSA) is 57.6 Å². The largest absolute Gasteiger partial charge is 0.433 e. The van der Waals surface area contributed by atoms with Gasteiger partial charge in [-0.2, -0.15) is 18.3 Å². The second-order valence-corrected chi connectivity index (χ2v) is 6.43. The number of alkyl halides is 3. The molecule has 0 spiro atoms. The molecule has 1 aliphatic heterocycles. The number of hydrogen-bond donors (Lipinski definition) is 1. The van der Waals surface area contributed by atoms with Crippen LogP contribution in [-0.2, 0) is 6.18 Å². The van der Waals surface area contributed by atoms with E-state index < -0.39 is 23.9 Å². The van der Waals surface area contributed by atoms with Crippen LogP contribution in [0.15, 0.2) is 47.7 Å². The molecule has 0 aliphatic carbocycles. The third kappa shape index (κ3) is 4.45. The van der Waals surface area contributed by atoms with Crippen LogP contribution in [0.4, 0.5) is 18.0 Å². The van der Waals surface area contributed by atoms with Gasteiger partial charge in [-0.25, -0.2) is 9.80 Å². The molecule has 0 bridgehead atoms. The molecule has 0 saturated carbocycles. The Morgan fingerprint density at radius 1 is 1.19 bits per heavy atom. The maximum Gasteiger partial charge on any atom is 0.433 e. The fourth-order valence-electron chi connectivity index (χ4n) is 2.72. The first-order chi connectivity index (χ1) is 12.7. The first-order valence-electron chi connectivity index (χ1n) is 8.50. The van der Waals surface area contributed by atoms with Crippen LogP contribution in [-0.4, -0.2) is 28.3 Å². The summed E-state index contributed by atoms with van der Waals surface area (Å²) in [6.45, 7) is 4.13. The van der Waals surface area contributed by atoms with Crippen molar-refractivity contribution in [3.05, 3.63) is 65.0 Å². The van der Waals surface area contributed by atoms with E-state index in [9.17, 15) is 18.0 Å². The van der Waals surface area contributed by atoms with Crippen molar-refractivity contribution in [3.8, 4) is 0 Å². The fourth-order valence-corrected chi connectivity index (χ4v) is 2.72. The smallest absolute Gasteiger partial charge is 0.330 e. The Morgan fingerprint density at radius 2 is 1.89 bits per heavy atom. The van der Waals surface area contributed by atoms with Crippen LogP contribution in [0.1, 0.15) is 41.8 Å². The van der Waals surface area contributed by atoms with E-state index in [0.717, 1.165) is 29.1 Å². The zero-order valence-electron chi connectivity index (χ0n) is 14.9. The van der Waals surface area contributed by atoms with Gasteiger partial charge in [0.05, 0.1) is 18.3 Å². The zero-order valence-corrected chi connectivity index (χ0v) is 14.9. The first kappa shape index (κ1) is 18.9. The Morgan fingerprint density at radius 3 is 2.48 bits per heavy atom. The van der Waals surface area contributed by atoms with E-state index in [1.165, 1.54) is 11.1 Å². The van der Waals surface area contributed by atoms with Gasteiger partial charge >= 0.3 is 12.2 Å². The Balaban J connectivity index is 1.64. The average molecular weight is 376 g/mol. The van der Waals surface area contributed by atoms with Crippen molar-refractivity contribution < 1.29 is 18.0 Å². The molecule has 2 heterocycles. The number of aryl methyl sites for hydroxylation is 1. The number of hydrogen-bond acceptors (Lipinski definition) is 3. The number of nitrogens with one attached hydrogen (secondary N) is 1. The van der Waals surface area contributed by atoms with E-state index in [1.807, 2.05) is 31.2 Å². The third-order valence-corrected chi connectivity index (χ3v) is 4.34. The van der Waals surface area contributed by atoms with Gasteiger partial charge in [0.2, 0.25) is 0 Å². The van der Waals surface area contributed by atoms with Crippen LogP contribution in [0.5, 0.6) is 0 Å². The molecule has 2 aromatic rings. The van der Waals surface area contributed by atoms with E-state index in [2.05, 4.69) is 15.4 Å². The van der Waals surface area contributed by atoms with Gasteiger partial charge in [-0.1, -0.05) is 35.9 Å². The van der Waals surface area contributed by atoms with Crippen molar-refractivity contribution in [2.45, 2.75) is 32.5 Å². The molecule has 27 heavy (non-hydrogen) atoms. The summed E-state index contributed by atoms with van der Waals surface area (Å²) in [5.74, 6) is 0. The molecule has 0 fully saturated rings. The Hall–Kier alpha value is -2.90. The van der Waals surface area contributed by atoms with Gasteiger partial charge in [-0.15, -0.1) is 0 Å². The number of aromatic nitrogens is 1. The molecule has 8 heteroatoms.